The number of hydrogen-bond acceptors (Lipinski definition) is 4. The molecule has 1 aromatic rings. The molecule has 1 heterocycles. The van der Waals surface area contributed by atoms with Gasteiger partial charge in [-0.1, -0.05) is 13.8 Å². The van der Waals surface area contributed by atoms with Crippen molar-refractivity contribution in [2.75, 3.05) is 18.1 Å². The molecule has 1 aliphatic heterocycles. The van der Waals surface area contributed by atoms with E-state index < -0.39 is 17.9 Å². The quantitative estimate of drug-likeness (QED) is 0.786. The van der Waals surface area contributed by atoms with Crippen LogP contribution in [-0.4, -0.2) is 42.1 Å². The normalized spacial score (nSPS) is 15.5. The molecular weight excluding hydrogens is 312 g/mol. The van der Waals surface area contributed by atoms with Crippen molar-refractivity contribution >= 4 is 23.5 Å². The van der Waals surface area contributed by atoms with Crippen molar-refractivity contribution < 1.29 is 24.2 Å². The second kappa shape index (κ2) is 7.81. The smallest absolute Gasteiger partial charge is 0.326 e. The maximum absolute atomic E-state index is 11.8. The van der Waals surface area contributed by atoms with E-state index in [1.165, 1.54) is 0 Å². The van der Waals surface area contributed by atoms with Gasteiger partial charge in [0, 0.05) is 18.7 Å². The summed E-state index contributed by atoms with van der Waals surface area (Å²) in [6.07, 6.45) is 1.43. The molecule has 0 spiro atoms. The van der Waals surface area contributed by atoms with Crippen LogP contribution in [0.2, 0.25) is 0 Å². The number of aliphatic carboxylic acids is 1. The molecule has 1 aliphatic rings. The van der Waals surface area contributed by atoms with Crippen LogP contribution < -0.4 is 15.0 Å². The molecule has 0 unspecified atom stereocenters. The maximum atomic E-state index is 11.8. The Kier molecular flexibility index (Phi) is 5.78. The molecule has 24 heavy (non-hydrogen) atoms. The molecule has 0 radical (unpaired) electrons. The summed E-state index contributed by atoms with van der Waals surface area (Å²) in [4.78, 5) is 36.3. The Hall–Kier alpha value is -2.57. The van der Waals surface area contributed by atoms with Crippen LogP contribution in [0.1, 0.15) is 26.7 Å². The average molecular weight is 334 g/mol. The molecule has 2 rings (SSSR count). The number of rotatable bonds is 7. The summed E-state index contributed by atoms with van der Waals surface area (Å²) in [7, 11) is 0. The number of hydrogen-bond donors (Lipinski definition) is 2. The van der Waals surface area contributed by atoms with E-state index in [1.54, 1.807) is 43.0 Å². The lowest BCUT2D eigenvalue weighted by atomic mass is 10.1. The molecule has 2 N–H and O–H groups in total. The molecular formula is C17H22N2O5. The Morgan fingerprint density at radius 3 is 2.46 bits per heavy atom. The van der Waals surface area contributed by atoms with Gasteiger partial charge in [-0.2, -0.15) is 0 Å². The Balaban J connectivity index is 1.86. The van der Waals surface area contributed by atoms with E-state index in [0.717, 1.165) is 12.1 Å². The van der Waals surface area contributed by atoms with Crippen molar-refractivity contribution in [3.63, 3.8) is 0 Å². The molecule has 130 valence electrons. The molecule has 1 aromatic carbocycles. The molecule has 7 nitrogen and oxygen atoms in total. The monoisotopic (exact) mass is 334 g/mol. The Labute approximate surface area is 140 Å². The number of carbonyl (C=O) groups excluding carboxylic acids is 2. The summed E-state index contributed by atoms with van der Waals surface area (Å²) < 4.78 is 5.36. The van der Waals surface area contributed by atoms with E-state index in [0.29, 0.717) is 18.7 Å². The maximum Gasteiger partial charge on any atom is 0.326 e. The van der Waals surface area contributed by atoms with Crippen LogP contribution in [-0.2, 0) is 14.4 Å². The van der Waals surface area contributed by atoms with Crippen molar-refractivity contribution in [1.29, 1.82) is 0 Å². The van der Waals surface area contributed by atoms with E-state index in [9.17, 15) is 14.4 Å². The van der Waals surface area contributed by atoms with E-state index in [1.807, 2.05) is 0 Å². The number of carboxylic acids is 1. The lowest BCUT2D eigenvalue weighted by molar-refractivity contribution is -0.143. The van der Waals surface area contributed by atoms with E-state index in [-0.39, 0.29) is 18.4 Å². The van der Waals surface area contributed by atoms with Gasteiger partial charge in [-0.3, -0.25) is 9.59 Å². The third-order valence-electron chi connectivity index (χ3n) is 3.84. The number of carboxylic acid groups (broad SMARTS) is 1. The first-order valence-corrected chi connectivity index (χ1v) is 7.94. The minimum atomic E-state index is -1.07. The van der Waals surface area contributed by atoms with Gasteiger partial charge in [-0.25, -0.2) is 4.79 Å². The lowest BCUT2D eigenvalue weighted by Crippen LogP contribution is -2.46. The molecule has 1 fully saturated rings. The number of amides is 2. The summed E-state index contributed by atoms with van der Waals surface area (Å²) in [6, 6.07) is 5.97. The number of anilines is 1. The third-order valence-corrected chi connectivity index (χ3v) is 3.84. The van der Waals surface area contributed by atoms with Crippen LogP contribution in [0.5, 0.6) is 5.75 Å². The highest BCUT2D eigenvalue weighted by atomic mass is 16.5. The van der Waals surface area contributed by atoms with Gasteiger partial charge in [0.05, 0.1) is 0 Å². The van der Waals surface area contributed by atoms with Gasteiger partial charge < -0.3 is 20.1 Å². The highest BCUT2D eigenvalue weighted by molar-refractivity contribution is 5.95. The van der Waals surface area contributed by atoms with Crippen molar-refractivity contribution in [2.24, 2.45) is 5.92 Å². The van der Waals surface area contributed by atoms with Crippen LogP contribution in [0.15, 0.2) is 24.3 Å². The van der Waals surface area contributed by atoms with Crippen molar-refractivity contribution in [1.82, 2.24) is 5.32 Å². The van der Waals surface area contributed by atoms with Gasteiger partial charge in [0.2, 0.25) is 5.91 Å². The summed E-state index contributed by atoms with van der Waals surface area (Å²) in [6.45, 7) is 3.89. The zero-order valence-electron chi connectivity index (χ0n) is 13.8. The summed E-state index contributed by atoms with van der Waals surface area (Å²) in [5.74, 6) is -1.19. The fraction of sp³-hybridized carbons (Fsp3) is 0.471. The Bertz CT molecular complexity index is 612. The number of carbonyl (C=O) groups is 3. The van der Waals surface area contributed by atoms with Crippen LogP contribution in [0, 0.1) is 5.92 Å². The van der Waals surface area contributed by atoms with Gasteiger partial charge in [0.1, 0.15) is 11.8 Å². The minimum Gasteiger partial charge on any atom is -0.484 e. The zero-order chi connectivity index (χ0) is 17.7. The molecule has 2 amide bonds. The van der Waals surface area contributed by atoms with E-state index in [4.69, 9.17) is 9.84 Å². The van der Waals surface area contributed by atoms with Gasteiger partial charge in [-0.05, 0) is 36.6 Å². The van der Waals surface area contributed by atoms with Gasteiger partial charge >= 0.3 is 5.97 Å². The van der Waals surface area contributed by atoms with Crippen LogP contribution in [0.25, 0.3) is 0 Å². The second-order valence-corrected chi connectivity index (χ2v) is 6.06. The van der Waals surface area contributed by atoms with Crippen molar-refractivity contribution in [2.45, 2.75) is 32.7 Å². The fourth-order valence-corrected chi connectivity index (χ4v) is 2.52. The first-order valence-electron chi connectivity index (χ1n) is 7.94. The summed E-state index contributed by atoms with van der Waals surface area (Å²) in [5.41, 5.74) is 0.806. The van der Waals surface area contributed by atoms with Gasteiger partial charge in [0.25, 0.3) is 5.91 Å². The fourth-order valence-electron chi connectivity index (χ4n) is 2.52. The first kappa shape index (κ1) is 17.8. The largest absolute Gasteiger partial charge is 0.484 e. The topological polar surface area (TPSA) is 95.9 Å². The molecule has 0 bridgehead atoms. The van der Waals surface area contributed by atoms with Crippen molar-refractivity contribution in [3.8, 4) is 5.75 Å². The van der Waals surface area contributed by atoms with Crippen LogP contribution >= 0.6 is 0 Å². The van der Waals surface area contributed by atoms with Crippen molar-refractivity contribution in [3.05, 3.63) is 24.3 Å². The minimum absolute atomic E-state index is 0.108. The highest BCUT2D eigenvalue weighted by Gasteiger charge is 2.24. The number of benzene rings is 1. The molecule has 1 saturated heterocycles. The van der Waals surface area contributed by atoms with Crippen LogP contribution in [0.4, 0.5) is 5.69 Å². The second-order valence-electron chi connectivity index (χ2n) is 6.06. The number of nitrogens with zero attached hydrogens (tertiary/aromatic N) is 1. The number of nitrogens with one attached hydrogen (secondary N) is 1. The van der Waals surface area contributed by atoms with E-state index >= 15 is 0 Å². The number of ether oxygens (including phenoxy) is 1. The van der Waals surface area contributed by atoms with E-state index in [2.05, 4.69) is 5.32 Å². The predicted molar refractivity (Wildman–Crippen MR) is 87.9 cm³/mol. The lowest BCUT2D eigenvalue weighted by Gasteiger charge is -2.18. The highest BCUT2D eigenvalue weighted by Crippen LogP contribution is 2.23. The SMILES string of the molecule is CC(C)[C@@H](NC(=O)COc1ccc(N2CCCC2=O)cc1)C(=O)O. The molecule has 7 heteroatoms. The predicted octanol–water partition coefficient (Wildman–Crippen LogP) is 1.42. The summed E-state index contributed by atoms with van der Waals surface area (Å²) >= 11 is 0. The standard InChI is InChI=1S/C17H22N2O5/c1-11(2)16(17(22)23)18-14(20)10-24-13-7-5-12(6-8-13)19-9-3-4-15(19)21/h5-8,11,16H,3-4,9-10H2,1-2H3,(H,18,20)(H,22,23)/t16-/m1/s1. The zero-order valence-corrected chi connectivity index (χ0v) is 13.8. The Morgan fingerprint density at radius 1 is 1.29 bits per heavy atom. The molecule has 0 aromatic heterocycles. The average Bonchev–Trinajstić information content (AvgIpc) is 2.96. The third kappa shape index (κ3) is 4.47. The molecule has 1 atom stereocenters. The van der Waals surface area contributed by atoms with Gasteiger partial charge in [-0.15, -0.1) is 0 Å². The molecule has 0 saturated carbocycles. The van der Waals surface area contributed by atoms with Gasteiger partial charge in [0.15, 0.2) is 6.61 Å². The Morgan fingerprint density at radius 2 is 1.96 bits per heavy atom. The van der Waals surface area contributed by atoms with Crippen LogP contribution in [0.3, 0.4) is 0 Å². The first-order chi connectivity index (χ1) is 11.4. The summed E-state index contributed by atoms with van der Waals surface area (Å²) in [5, 5.41) is 11.5. The molecule has 0 aliphatic carbocycles.